The lowest BCUT2D eigenvalue weighted by Gasteiger charge is -2.04. The summed E-state index contributed by atoms with van der Waals surface area (Å²) >= 11 is 1.47. The number of nitrogens with zero attached hydrogens (tertiary/aromatic N) is 5. The summed E-state index contributed by atoms with van der Waals surface area (Å²) in [7, 11) is 0. The molecule has 0 aliphatic rings. The number of carboxylic acids is 1. The summed E-state index contributed by atoms with van der Waals surface area (Å²) in [6, 6.07) is 5.27. The molecule has 0 aliphatic carbocycles. The average molecular weight is 287 g/mol. The van der Waals surface area contributed by atoms with E-state index in [9.17, 15) is 9.90 Å². The molecule has 1 N–H and O–H groups in total. The second kappa shape index (κ2) is 5.17. The van der Waals surface area contributed by atoms with Crippen molar-refractivity contribution in [1.29, 1.82) is 0 Å². The highest BCUT2D eigenvalue weighted by atomic mass is 32.1. The van der Waals surface area contributed by atoms with Gasteiger partial charge in [0.1, 0.15) is 10.7 Å². The molecule has 0 saturated carbocycles. The lowest BCUT2D eigenvalue weighted by molar-refractivity contribution is 0.0691. The van der Waals surface area contributed by atoms with Gasteiger partial charge in [0.15, 0.2) is 5.69 Å². The van der Waals surface area contributed by atoms with Gasteiger partial charge in [0.2, 0.25) is 0 Å². The van der Waals surface area contributed by atoms with Crippen LogP contribution in [-0.4, -0.2) is 36.0 Å². The van der Waals surface area contributed by atoms with Gasteiger partial charge in [-0.05, 0) is 12.1 Å². The summed E-state index contributed by atoms with van der Waals surface area (Å²) in [6.07, 6.45) is 3.29. The van der Waals surface area contributed by atoms with Gasteiger partial charge >= 0.3 is 5.97 Å². The third-order valence-corrected chi connectivity index (χ3v) is 3.38. The fourth-order valence-electron chi connectivity index (χ4n) is 1.78. The van der Waals surface area contributed by atoms with Crippen molar-refractivity contribution < 1.29 is 9.90 Å². The van der Waals surface area contributed by atoms with Crippen molar-refractivity contribution in [3.05, 3.63) is 46.7 Å². The maximum Gasteiger partial charge on any atom is 0.358 e. The first-order chi connectivity index (χ1) is 9.75. The zero-order chi connectivity index (χ0) is 13.9. The minimum Gasteiger partial charge on any atom is -0.476 e. The molecule has 0 aromatic carbocycles. The van der Waals surface area contributed by atoms with Crippen LogP contribution in [0.15, 0.2) is 36.0 Å². The molecule has 8 heteroatoms. The molecule has 3 aromatic rings. The second-order valence-corrected chi connectivity index (χ2v) is 4.87. The highest BCUT2D eigenvalue weighted by molar-refractivity contribution is 7.09. The fraction of sp³-hybridized carbons (Fsp3) is 0.0833. The van der Waals surface area contributed by atoms with E-state index in [1.54, 1.807) is 30.6 Å². The van der Waals surface area contributed by atoms with Gasteiger partial charge in [0, 0.05) is 17.8 Å². The smallest absolute Gasteiger partial charge is 0.358 e. The van der Waals surface area contributed by atoms with Crippen LogP contribution in [-0.2, 0) is 6.54 Å². The van der Waals surface area contributed by atoms with Gasteiger partial charge in [0.25, 0.3) is 0 Å². The van der Waals surface area contributed by atoms with Crippen LogP contribution in [0.1, 0.15) is 15.5 Å². The van der Waals surface area contributed by atoms with E-state index in [-0.39, 0.29) is 5.69 Å². The number of hydrogen-bond acceptors (Lipinski definition) is 6. The lowest BCUT2D eigenvalue weighted by Crippen LogP contribution is -2.06. The minimum atomic E-state index is -1.13. The Labute approximate surface area is 117 Å². The molecular weight excluding hydrogens is 278 g/mol. The minimum absolute atomic E-state index is 0.111. The number of rotatable bonds is 4. The van der Waals surface area contributed by atoms with Crippen molar-refractivity contribution in [1.82, 2.24) is 25.0 Å². The number of aromatic nitrogens is 5. The van der Waals surface area contributed by atoms with Crippen LogP contribution < -0.4 is 0 Å². The van der Waals surface area contributed by atoms with E-state index in [1.165, 1.54) is 16.0 Å². The molecule has 0 amide bonds. The molecule has 20 heavy (non-hydrogen) atoms. The molecule has 3 heterocycles. The molecule has 3 rings (SSSR count). The van der Waals surface area contributed by atoms with Crippen molar-refractivity contribution >= 4 is 17.3 Å². The van der Waals surface area contributed by atoms with E-state index in [0.29, 0.717) is 17.9 Å². The third-order valence-electron chi connectivity index (χ3n) is 2.61. The zero-order valence-corrected chi connectivity index (χ0v) is 11.0. The quantitative estimate of drug-likeness (QED) is 0.782. The second-order valence-electron chi connectivity index (χ2n) is 3.89. The van der Waals surface area contributed by atoms with Crippen molar-refractivity contribution in [3.8, 4) is 11.4 Å². The summed E-state index contributed by atoms with van der Waals surface area (Å²) in [6.45, 7) is 0.365. The first-order valence-electron chi connectivity index (χ1n) is 5.72. The molecule has 0 aliphatic heterocycles. The summed E-state index contributed by atoms with van der Waals surface area (Å²) in [5.74, 6) is -1.13. The van der Waals surface area contributed by atoms with E-state index in [4.69, 9.17) is 0 Å². The fourth-order valence-corrected chi connectivity index (χ4v) is 2.38. The first kappa shape index (κ1) is 12.4. The molecule has 7 nitrogen and oxygen atoms in total. The third kappa shape index (κ3) is 2.28. The number of pyridine rings is 1. The number of thiazole rings is 1. The molecule has 0 bridgehead atoms. The maximum absolute atomic E-state index is 11.3. The van der Waals surface area contributed by atoms with Gasteiger partial charge in [-0.3, -0.25) is 4.98 Å². The largest absolute Gasteiger partial charge is 0.476 e. The Kier molecular flexibility index (Phi) is 3.21. The molecule has 0 atom stereocenters. The van der Waals surface area contributed by atoms with Gasteiger partial charge < -0.3 is 5.11 Å². The molecule has 3 aromatic heterocycles. The van der Waals surface area contributed by atoms with Crippen molar-refractivity contribution in [3.63, 3.8) is 0 Å². The van der Waals surface area contributed by atoms with Crippen molar-refractivity contribution in [2.45, 2.75) is 6.54 Å². The maximum atomic E-state index is 11.3. The van der Waals surface area contributed by atoms with Crippen LogP contribution in [0, 0.1) is 0 Å². The summed E-state index contributed by atoms with van der Waals surface area (Å²) in [5, 5.41) is 19.5. The summed E-state index contributed by atoms with van der Waals surface area (Å²) < 4.78 is 1.50. The molecule has 0 saturated heterocycles. The SMILES string of the molecule is O=C(O)c1nnn(Cc2nccs2)c1-c1ccccn1. The lowest BCUT2D eigenvalue weighted by atomic mass is 10.2. The highest BCUT2D eigenvalue weighted by Crippen LogP contribution is 2.21. The van der Waals surface area contributed by atoms with Gasteiger partial charge in [-0.1, -0.05) is 11.3 Å². The van der Waals surface area contributed by atoms with E-state index >= 15 is 0 Å². The number of carbonyl (C=O) groups is 1. The highest BCUT2D eigenvalue weighted by Gasteiger charge is 2.21. The summed E-state index contributed by atoms with van der Waals surface area (Å²) in [5.41, 5.74) is 0.792. The summed E-state index contributed by atoms with van der Waals surface area (Å²) in [4.78, 5) is 19.6. The van der Waals surface area contributed by atoms with Gasteiger partial charge in [-0.15, -0.1) is 16.4 Å². The molecule has 100 valence electrons. The number of aromatic carboxylic acids is 1. The topological polar surface area (TPSA) is 93.8 Å². The first-order valence-corrected chi connectivity index (χ1v) is 6.60. The van der Waals surface area contributed by atoms with Crippen LogP contribution >= 0.6 is 11.3 Å². The van der Waals surface area contributed by atoms with Crippen molar-refractivity contribution in [2.24, 2.45) is 0 Å². The Morgan fingerprint density at radius 1 is 1.30 bits per heavy atom. The average Bonchev–Trinajstić information content (AvgIpc) is 3.09. The Balaban J connectivity index is 2.09. The number of carboxylic acid groups (broad SMARTS) is 1. The standard InChI is InChI=1S/C12H9N5O2S/c18-12(19)10-11(8-3-1-2-4-13-8)17(16-15-10)7-9-14-5-6-20-9/h1-6H,7H2,(H,18,19). The van der Waals surface area contributed by atoms with E-state index in [2.05, 4.69) is 20.3 Å². The van der Waals surface area contributed by atoms with Crippen LogP contribution in [0.4, 0.5) is 0 Å². The molecule has 0 spiro atoms. The Morgan fingerprint density at radius 2 is 2.20 bits per heavy atom. The predicted molar refractivity (Wildman–Crippen MR) is 71.4 cm³/mol. The van der Waals surface area contributed by atoms with Gasteiger partial charge in [-0.2, -0.15) is 0 Å². The van der Waals surface area contributed by atoms with E-state index in [1.807, 2.05) is 5.38 Å². The van der Waals surface area contributed by atoms with Crippen LogP contribution in [0.25, 0.3) is 11.4 Å². The Bertz CT molecular complexity index is 724. The van der Waals surface area contributed by atoms with Gasteiger partial charge in [0.05, 0.1) is 12.2 Å². The molecule has 0 radical (unpaired) electrons. The molecular formula is C12H9N5O2S. The van der Waals surface area contributed by atoms with Crippen LogP contribution in [0.3, 0.4) is 0 Å². The monoisotopic (exact) mass is 287 g/mol. The van der Waals surface area contributed by atoms with E-state index in [0.717, 1.165) is 5.01 Å². The van der Waals surface area contributed by atoms with Gasteiger partial charge in [-0.25, -0.2) is 14.5 Å². The predicted octanol–water partition coefficient (Wildman–Crippen LogP) is 1.54. The number of hydrogen-bond donors (Lipinski definition) is 1. The van der Waals surface area contributed by atoms with Crippen molar-refractivity contribution in [2.75, 3.05) is 0 Å². The zero-order valence-electron chi connectivity index (χ0n) is 10.2. The Hall–Kier alpha value is -2.61. The van der Waals surface area contributed by atoms with Crippen LogP contribution in [0.2, 0.25) is 0 Å². The van der Waals surface area contributed by atoms with Crippen LogP contribution in [0.5, 0.6) is 0 Å². The molecule has 0 fully saturated rings. The van der Waals surface area contributed by atoms with E-state index < -0.39 is 5.97 Å². The Morgan fingerprint density at radius 3 is 2.85 bits per heavy atom. The molecule has 0 unspecified atom stereocenters. The normalized spacial score (nSPS) is 10.6.